The van der Waals surface area contributed by atoms with Gasteiger partial charge < -0.3 is 17.5 Å². The molecule has 8 heteroatoms. The molecule has 0 saturated heterocycles. The second-order valence-corrected chi connectivity index (χ2v) is 3.70. The fraction of sp³-hybridized carbons (Fsp3) is 0.100. The Balaban J connectivity index is 0.00000162. The van der Waals surface area contributed by atoms with Crippen molar-refractivity contribution in [2.24, 2.45) is 0 Å². The van der Waals surface area contributed by atoms with Gasteiger partial charge in [0.25, 0.3) is 0 Å². The molecular formula is C10H8BF4KN2. The van der Waals surface area contributed by atoms with Crippen molar-refractivity contribution in [3.8, 4) is 0 Å². The summed E-state index contributed by atoms with van der Waals surface area (Å²) in [4.78, 5) is 3.76. The van der Waals surface area contributed by atoms with E-state index in [1.807, 2.05) is 0 Å². The quantitative estimate of drug-likeness (QED) is 0.528. The molecule has 1 aromatic carbocycles. The number of rotatable bonds is 3. The van der Waals surface area contributed by atoms with E-state index in [1.54, 1.807) is 10.8 Å². The van der Waals surface area contributed by atoms with Crippen LogP contribution in [0, 0.1) is 5.82 Å². The molecule has 0 spiro atoms. The molecule has 0 saturated carbocycles. The van der Waals surface area contributed by atoms with Gasteiger partial charge in [-0.15, -0.1) is 5.46 Å². The standard InChI is InChI=1S/C10H8BF4N2.K/c12-10-4-8(6-17-2-1-16-7-17)3-9(5-10)11(13,14)15;/h1-5,7H,6H2;/q-1;+1. The minimum atomic E-state index is -5.18. The normalized spacial score (nSPS) is 11.1. The number of hydrogen-bond donors (Lipinski definition) is 0. The Morgan fingerprint density at radius 1 is 1.17 bits per heavy atom. The van der Waals surface area contributed by atoms with Crippen molar-refractivity contribution >= 4 is 12.4 Å². The molecule has 0 aliphatic carbocycles. The average Bonchev–Trinajstić information content (AvgIpc) is 2.68. The van der Waals surface area contributed by atoms with Crippen LogP contribution in [0.3, 0.4) is 0 Å². The van der Waals surface area contributed by atoms with Gasteiger partial charge in [0.1, 0.15) is 5.82 Å². The topological polar surface area (TPSA) is 17.8 Å². The Morgan fingerprint density at radius 2 is 1.89 bits per heavy atom. The van der Waals surface area contributed by atoms with E-state index in [0.29, 0.717) is 6.07 Å². The van der Waals surface area contributed by atoms with Gasteiger partial charge in [0.15, 0.2) is 0 Å². The molecule has 90 valence electrons. The molecule has 0 aliphatic heterocycles. The van der Waals surface area contributed by atoms with Crippen molar-refractivity contribution in [2.45, 2.75) is 6.54 Å². The molecule has 2 aromatic rings. The van der Waals surface area contributed by atoms with Gasteiger partial charge in [0.05, 0.1) is 6.33 Å². The van der Waals surface area contributed by atoms with Gasteiger partial charge in [0.2, 0.25) is 0 Å². The van der Waals surface area contributed by atoms with Crippen molar-refractivity contribution in [2.75, 3.05) is 0 Å². The molecule has 18 heavy (non-hydrogen) atoms. The summed E-state index contributed by atoms with van der Waals surface area (Å²) in [7, 11) is 0. The van der Waals surface area contributed by atoms with E-state index in [-0.39, 0.29) is 63.5 Å². The van der Waals surface area contributed by atoms with Gasteiger partial charge >= 0.3 is 58.4 Å². The maximum absolute atomic E-state index is 13.1. The fourth-order valence-electron chi connectivity index (χ4n) is 1.55. The zero-order valence-electron chi connectivity index (χ0n) is 9.65. The third-order valence-corrected chi connectivity index (χ3v) is 2.28. The SMILES string of the molecule is Fc1cc(Cn2ccnc2)cc([B-](F)(F)F)c1.[K+]. The monoisotopic (exact) mass is 282 g/mol. The van der Waals surface area contributed by atoms with E-state index < -0.39 is 18.3 Å². The van der Waals surface area contributed by atoms with Gasteiger partial charge in [-0.2, -0.15) is 0 Å². The average molecular weight is 282 g/mol. The first kappa shape index (κ1) is 15.9. The van der Waals surface area contributed by atoms with Crippen molar-refractivity contribution in [1.29, 1.82) is 0 Å². The van der Waals surface area contributed by atoms with Gasteiger partial charge in [-0.05, 0) is 11.6 Å². The third-order valence-electron chi connectivity index (χ3n) is 2.28. The van der Waals surface area contributed by atoms with Crippen LogP contribution in [0.5, 0.6) is 0 Å². The molecular weight excluding hydrogens is 274 g/mol. The predicted molar refractivity (Wildman–Crippen MR) is 56.4 cm³/mol. The summed E-state index contributed by atoms with van der Waals surface area (Å²) < 4.78 is 52.2. The van der Waals surface area contributed by atoms with Crippen LogP contribution in [0.1, 0.15) is 5.56 Å². The van der Waals surface area contributed by atoms with E-state index >= 15 is 0 Å². The van der Waals surface area contributed by atoms with Gasteiger partial charge in [-0.25, -0.2) is 9.37 Å². The Kier molecular flexibility index (Phi) is 5.60. The fourth-order valence-corrected chi connectivity index (χ4v) is 1.55. The minimum Gasteiger partial charge on any atom is -0.445 e. The molecule has 2 nitrogen and oxygen atoms in total. The van der Waals surface area contributed by atoms with Crippen LogP contribution in [-0.2, 0) is 6.54 Å². The zero-order valence-corrected chi connectivity index (χ0v) is 12.8. The summed E-state index contributed by atoms with van der Waals surface area (Å²) in [6.07, 6.45) is 4.57. The van der Waals surface area contributed by atoms with Crippen LogP contribution in [0.4, 0.5) is 17.3 Å². The third kappa shape index (κ3) is 4.20. The van der Waals surface area contributed by atoms with E-state index in [1.165, 1.54) is 12.5 Å². The molecule has 0 amide bonds. The first-order valence-corrected chi connectivity index (χ1v) is 4.90. The van der Waals surface area contributed by atoms with E-state index in [4.69, 9.17) is 0 Å². The summed E-state index contributed by atoms with van der Waals surface area (Å²) >= 11 is 0. The van der Waals surface area contributed by atoms with Crippen molar-refractivity contribution < 1.29 is 68.7 Å². The van der Waals surface area contributed by atoms with Crippen LogP contribution in [0.15, 0.2) is 36.9 Å². The van der Waals surface area contributed by atoms with Crippen LogP contribution < -0.4 is 56.8 Å². The number of benzene rings is 1. The number of halogens is 4. The number of imidazole rings is 1. The summed E-state index contributed by atoms with van der Waals surface area (Å²) in [5, 5.41) is 0. The number of nitrogens with zero attached hydrogens (tertiary/aromatic N) is 2. The molecule has 0 atom stereocenters. The Hall–Kier alpha value is -0.149. The van der Waals surface area contributed by atoms with Crippen molar-refractivity contribution in [3.05, 3.63) is 48.3 Å². The van der Waals surface area contributed by atoms with E-state index in [0.717, 1.165) is 12.1 Å². The predicted octanol–water partition coefficient (Wildman–Crippen LogP) is -0.871. The second kappa shape index (κ2) is 6.34. The van der Waals surface area contributed by atoms with Crippen LogP contribution in [0.2, 0.25) is 0 Å². The van der Waals surface area contributed by atoms with Gasteiger partial charge in [0, 0.05) is 18.9 Å². The van der Waals surface area contributed by atoms with Crippen molar-refractivity contribution in [1.82, 2.24) is 9.55 Å². The summed E-state index contributed by atoms with van der Waals surface area (Å²) in [5.74, 6) is -0.878. The minimum absolute atomic E-state index is 0. The largest absolute Gasteiger partial charge is 1.00 e. The van der Waals surface area contributed by atoms with Crippen LogP contribution in [0.25, 0.3) is 0 Å². The number of aromatic nitrogens is 2. The Labute approximate surface area is 144 Å². The molecule has 1 heterocycles. The van der Waals surface area contributed by atoms with E-state index in [2.05, 4.69) is 4.98 Å². The summed E-state index contributed by atoms with van der Waals surface area (Å²) in [6, 6.07) is 2.56. The second-order valence-electron chi connectivity index (χ2n) is 3.70. The van der Waals surface area contributed by atoms with Crippen molar-refractivity contribution in [3.63, 3.8) is 0 Å². The molecule has 2 rings (SSSR count). The number of hydrogen-bond acceptors (Lipinski definition) is 1. The Bertz CT molecular complexity index is 513. The maximum Gasteiger partial charge on any atom is 1.00 e. The molecule has 0 unspecified atom stereocenters. The van der Waals surface area contributed by atoms with Crippen LogP contribution >= 0.6 is 0 Å². The van der Waals surface area contributed by atoms with Crippen LogP contribution in [-0.4, -0.2) is 16.5 Å². The molecule has 0 N–H and O–H groups in total. The molecule has 0 bridgehead atoms. The molecule has 0 fully saturated rings. The smallest absolute Gasteiger partial charge is 0.445 e. The zero-order chi connectivity index (χ0) is 12.5. The first-order valence-electron chi connectivity index (χ1n) is 4.90. The molecule has 1 aromatic heterocycles. The Morgan fingerprint density at radius 3 is 2.44 bits per heavy atom. The summed E-state index contributed by atoms with van der Waals surface area (Å²) in [6.45, 7) is -5.01. The molecule has 0 radical (unpaired) electrons. The molecule has 0 aliphatic rings. The van der Waals surface area contributed by atoms with Gasteiger partial charge in [-0.3, -0.25) is 0 Å². The van der Waals surface area contributed by atoms with Gasteiger partial charge in [-0.1, -0.05) is 12.1 Å². The van der Waals surface area contributed by atoms with E-state index in [9.17, 15) is 17.3 Å². The maximum atomic E-state index is 13.1. The first-order chi connectivity index (χ1) is 7.95. The summed E-state index contributed by atoms with van der Waals surface area (Å²) in [5.41, 5.74) is -0.655.